The van der Waals surface area contributed by atoms with Crippen molar-refractivity contribution < 1.29 is 37.4 Å². The number of hydrogen-bond donors (Lipinski definition) is 3. The van der Waals surface area contributed by atoms with E-state index in [1.54, 1.807) is 42.5 Å². The predicted octanol–water partition coefficient (Wildman–Crippen LogP) is 6.01. The largest absolute Gasteiger partial charge is 0.505 e. The molecule has 0 heterocycles. The van der Waals surface area contributed by atoms with Crippen LogP contribution in [0, 0.1) is 0 Å². The molecule has 0 unspecified atom stereocenters. The molecule has 0 saturated carbocycles. The fraction of sp³-hybridized carbons (Fsp3) is 0.154. The number of aliphatic hydroxyl groups is 1. The van der Waals surface area contributed by atoms with Crippen molar-refractivity contribution in [2.24, 2.45) is 20.5 Å². The monoisotopic (exact) mass is 552 g/mol. The molecule has 0 spiro atoms. The fourth-order valence-corrected chi connectivity index (χ4v) is 4.05. The first-order valence-electron chi connectivity index (χ1n) is 11.4. The Bertz CT molecular complexity index is 1660. The highest BCUT2D eigenvalue weighted by atomic mass is 32.2. The number of nitrogens with zero attached hydrogens (tertiary/aromatic N) is 4. The van der Waals surface area contributed by atoms with Crippen LogP contribution >= 0.6 is 0 Å². The molecule has 0 amide bonds. The molecule has 0 aliphatic rings. The summed E-state index contributed by atoms with van der Waals surface area (Å²) in [6, 6.07) is 16.8. The highest BCUT2D eigenvalue weighted by Crippen LogP contribution is 2.42. The van der Waals surface area contributed by atoms with E-state index in [0.29, 0.717) is 45.1 Å². The molecule has 202 valence electrons. The van der Waals surface area contributed by atoms with Gasteiger partial charge in [0.1, 0.15) is 40.9 Å². The van der Waals surface area contributed by atoms with E-state index in [2.05, 4.69) is 20.5 Å². The van der Waals surface area contributed by atoms with Gasteiger partial charge < -0.3 is 24.4 Å². The summed E-state index contributed by atoms with van der Waals surface area (Å²) >= 11 is 0. The molecule has 0 bridgehead atoms. The molecule has 13 heteroatoms. The van der Waals surface area contributed by atoms with Crippen LogP contribution in [0.2, 0.25) is 0 Å². The molecule has 4 aromatic rings. The first kappa shape index (κ1) is 27.4. The summed E-state index contributed by atoms with van der Waals surface area (Å²) in [5.74, 6) is 1.04. The average molecular weight is 553 g/mol. The van der Waals surface area contributed by atoms with Gasteiger partial charge in [-0.2, -0.15) is 13.5 Å². The van der Waals surface area contributed by atoms with Crippen LogP contribution < -0.4 is 14.2 Å². The minimum absolute atomic E-state index is 0.0808. The SMILES string of the molecule is COc1cc(N=Nc2ccc3cc(S(=O)(=O)O)ccc3c2O)c(OC)cc1N=Nc1ccc(OCCO)cc1. The number of phenolic OH excluding ortho intramolecular Hbond substituents is 1. The average Bonchev–Trinajstić information content (AvgIpc) is 2.94. The second kappa shape index (κ2) is 11.9. The summed E-state index contributed by atoms with van der Waals surface area (Å²) in [5.41, 5.74) is 1.35. The highest BCUT2D eigenvalue weighted by Gasteiger charge is 2.14. The van der Waals surface area contributed by atoms with Gasteiger partial charge in [0.2, 0.25) is 0 Å². The van der Waals surface area contributed by atoms with E-state index in [9.17, 15) is 18.1 Å². The maximum absolute atomic E-state index is 11.4. The van der Waals surface area contributed by atoms with E-state index < -0.39 is 10.1 Å². The highest BCUT2D eigenvalue weighted by molar-refractivity contribution is 7.85. The van der Waals surface area contributed by atoms with Crippen molar-refractivity contribution in [1.82, 2.24) is 0 Å². The van der Waals surface area contributed by atoms with Crippen molar-refractivity contribution in [3.63, 3.8) is 0 Å². The van der Waals surface area contributed by atoms with E-state index >= 15 is 0 Å². The maximum atomic E-state index is 11.4. The van der Waals surface area contributed by atoms with Crippen molar-refractivity contribution in [2.75, 3.05) is 27.4 Å². The van der Waals surface area contributed by atoms with E-state index in [0.717, 1.165) is 0 Å². The number of hydrogen-bond acceptors (Lipinski definition) is 11. The number of phenols is 1. The Morgan fingerprint density at radius 2 is 1.38 bits per heavy atom. The lowest BCUT2D eigenvalue weighted by Crippen LogP contribution is -2.00. The van der Waals surface area contributed by atoms with Crippen LogP contribution in [0.4, 0.5) is 22.7 Å². The summed E-state index contributed by atoms with van der Waals surface area (Å²) in [7, 11) is -1.47. The summed E-state index contributed by atoms with van der Waals surface area (Å²) in [6.07, 6.45) is 0. The predicted molar refractivity (Wildman–Crippen MR) is 142 cm³/mol. The van der Waals surface area contributed by atoms with Crippen LogP contribution in [-0.4, -0.2) is 50.6 Å². The second-order valence-electron chi connectivity index (χ2n) is 7.95. The van der Waals surface area contributed by atoms with E-state index in [1.807, 2.05) is 0 Å². The molecule has 0 saturated heterocycles. The van der Waals surface area contributed by atoms with Crippen LogP contribution in [0.1, 0.15) is 0 Å². The van der Waals surface area contributed by atoms with Crippen molar-refractivity contribution in [3.8, 4) is 23.0 Å². The number of aliphatic hydroxyl groups excluding tert-OH is 1. The molecular weight excluding hydrogens is 528 g/mol. The maximum Gasteiger partial charge on any atom is 0.294 e. The number of ether oxygens (including phenoxy) is 3. The van der Waals surface area contributed by atoms with E-state index in [4.69, 9.17) is 19.3 Å². The summed E-state index contributed by atoms with van der Waals surface area (Å²) < 4.78 is 48.2. The normalized spacial score (nSPS) is 11.9. The number of fused-ring (bicyclic) bond motifs is 1. The topological polar surface area (TPSA) is 172 Å². The van der Waals surface area contributed by atoms with Gasteiger partial charge in [-0.3, -0.25) is 4.55 Å². The number of azo groups is 2. The first-order chi connectivity index (χ1) is 18.7. The number of benzene rings is 4. The van der Waals surface area contributed by atoms with Crippen LogP contribution in [0.3, 0.4) is 0 Å². The Morgan fingerprint density at radius 3 is 1.97 bits per heavy atom. The van der Waals surface area contributed by atoms with Crippen LogP contribution in [0.25, 0.3) is 10.8 Å². The lowest BCUT2D eigenvalue weighted by atomic mass is 10.1. The molecule has 0 atom stereocenters. The van der Waals surface area contributed by atoms with E-state index in [1.165, 1.54) is 38.5 Å². The summed E-state index contributed by atoms with van der Waals surface area (Å²) in [6.45, 7) is 0.114. The Hall–Kier alpha value is -4.59. The molecule has 0 radical (unpaired) electrons. The van der Waals surface area contributed by atoms with Gasteiger partial charge in [0.05, 0.1) is 31.4 Å². The van der Waals surface area contributed by atoms with Gasteiger partial charge >= 0.3 is 0 Å². The minimum atomic E-state index is -4.38. The molecule has 3 N–H and O–H groups in total. The summed E-state index contributed by atoms with van der Waals surface area (Å²) in [5, 5.41) is 37.0. The smallest absolute Gasteiger partial charge is 0.294 e. The molecule has 39 heavy (non-hydrogen) atoms. The second-order valence-corrected chi connectivity index (χ2v) is 9.37. The molecule has 0 aromatic heterocycles. The Labute approximate surface area is 223 Å². The fourth-order valence-electron chi connectivity index (χ4n) is 3.53. The van der Waals surface area contributed by atoms with Gasteiger partial charge in [0.25, 0.3) is 10.1 Å². The van der Waals surface area contributed by atoms with Gasteiger partial charge in [0, 0.05) is 17.5 Å². The van der Waals surface area contributed by atoms with Gasteiger partial charge in [-0.1, -0.05) is 6.07 Å². The quantitative estimate of drug-likeness (QED) is 0.158. The van der Waals surface area contributed by atoms with Crippen molar-refractivity contribution in [1.29, 1.82) is 0 Å². The van der Waals surface area contributed by atoms with Gasteiger partial charge in [-0.05, 0) is 53.9 Å². The lowest BCUT2D eigenvalue weighted by Gasteiger charge is -2.09. The molecule has 0 aliphatic carbocycles. The van der Waals surface area contributed by atoms with Crippen molar-refractivity contribution in [3.05, 3.63) is 66.7 Å². The number of aromatic hydroxyl groups is 1. The molecule has 4 rings (SSSR count). The third kappa shape index (κ3) is 6.46. The lowest BCUT2D eigenvalue weighted by molar-refractivity contribution is 0.201. The zero-order valence-electron chi connectivity index (χ0n) is 20.8. The van der Waals surface area contributed by atoms with Crippen LogP contribution in [-0.2, 0) is 10.1 Å². The number of rotatable bonds is 10. The molecule has 0 aliphatic heterocycles. The van der Waals surface area contributed by atoms with Crippen LogP contribution in [0.15, 0.2) is 92.1 Å². The molecule has 4 aromatic carbocycles. The molecule has 12 nitrogen and oxygen atoms in total. The zero-order chi connectivity index (χ0) is 28.0. The van der Waals surface area contributed by atoms with Gasteiger partial charge in [-0.25, -0.2) is 0 Å². The standard InChI is InChI=1S/C26H24N4O8S/c1-36-24-15-23(25(37-2)14-22(24)29-27-17-4-6-18(7-5-17)38-12-11-31)30-28-21-10-3-16-13-19(39(33,34)35)8-9-20(16)26(21)32/h3-10,13-15,31-32H,11-12H2,1-2H3,(H,33,34,35). The van der Waals surface area contributed by atoms with Gasteiger partial charge in [0.15, 0.2) is 5.75 Å². The zero-order valence-corrected chi connectivity index (χ0v) is 21.7. The minimum Gasteiger partial charge on any atom is -0.505 e. The third-order valence-corrected chi connectivity index (χ3v) is 6.30. The Balaban J connectivity index is 1.61. The van der Waals surface area contributed by atoms with Crippen LogP contribution in [0.5, 0.6) is 23.0 Å². The summed E-state index contributed by atoms with van der Waals surface area (Å²) in [4.78, 5) is -0.290. The Kier molecular flexibility index (Phi) is 8.34. The van der Waals surface area contributed by atoms with Crippen molar-refractivity contribution >= 4 is 43.6 Å². The Morgan fingerprint density at radius 1 is 0.769 bits per heavy atom. The van der Waals surface area contributed by atoms with E-state index in [-0.39, 0.29) is 29.5 Å². The third-order valence-electron chi connectivity index (χ3n) is 5.46. The molecular formula is C26H24N4O8S. The number of methoxy groups -OCH3 is 2. The first-order valence-corrected chi connectivity index (χ1v) is 12.8. The van der Waals surface area contributed by atoms with Gasteiger partial charge in [-0.15, -0.1) is 15.3 Å². The van der Waals surface area contributed by atoms with Crippen molar-refractivity contribution in [2.45, 2.75) is 4.90 Å². The molecule has 0 fully saturated rings.